The number of pyridine rings is 1. The van der Waals surface area contributed by atoms with Crippen LogP contribution in [0.5, 0.6) is 0 Å². The molecule has 0 bridgehead atoms. The van der Waals surface area contributed by atoms with E-state index in [0.29, 0.717) is 17.4 Å². The molecule has 4 rings (SSSR count). The first kappa shape index (κ1) is 30.0. The molecule has 1 spiro atoms. The molecule has 3 heterocycles. The van der Waals surface area contributed by atoms with Gasteiger partial charge in [-0.05, 0) is 96.3 Å². The van der Waals surface area contributed by atoms with Gasteiger partial charge in [-0.1, -0.05) is 12.8 Å². The van der Waals surface area contributed by atoms with Crippen molar-refractivity contribution in [2.45, 2.75) is 97.6 Å². The van der Waals surface area contributed by atoms with E-state index in [1.165, 1.54) is 31.3 Å². The number of hydrogen-bond acceptors (Lipinski definition) is 6. The number of amides is 1. The fourth-order valence-electron chi connectivity index (χ4n) is 6.29. The number of hydrogen-bond donors (Lipinski definition) is 2. The second-order valence-electron chi connectivity index (χ2n) is 13.1. The highest BCUT2D eigenvalue weighted by atomic mass is 16.6. The number of anilines is 2. The third-order valence-electron chi connectivity index (χ3n) is 8.82. The van der Waals surface area contributed by atoms with E-state index in [2.05, 4.69) is 52.4 Å². The van der Waals surface area contributed by atoms with Gasteiger partial charge in [0.15, 0.2) is 0 Å². The maximum absolute atomic E-state index is 12.5. The van der Waals surface area contributed by atoms with Gasteiger partial charge in [-0.15, -0.1) is 0 Å². The summed E-state index contributed by atoms with van der Waals surface area (Å²) in [6, 6.07) is 4.77. The van der Waals surface area contributed by atoms with Crippen LogP contribution in [-0.4, -0.2) is 78.8 Å². The number of guanidine groups is 1. The van der Waals surface area contributed by atoms with E-state index >= 15 is 0 Å². The summed E-state index contributed by atoms with van der Waals surface area (Å²) >= 11 is 0. The molecule has 222 valence electrons. The Bertz CT molecular complexity index is 1050. The van der Waals surface area contributed by atoms with E-state index < -0.39 is 5.60 Å². The first-order valence-electron chi connectivity index (χ1n) is 15.1. The Kier molecular flexibility index (Phi) is 9.52. The maximum Gasteiger partial charge on any atom is 0.410 e. The van der Waals surface area contributed by atoms with Crippen LogP contribution in [0.4, 0.5) is 16.3 Å². The van der Waals surface area contributed by atoms with Crippen LogP contribution >= 0.6 is 0 Å². The summed E-state index contributed by atoms with van der Waals surface area (Å²) in [7, 11) is 3.97. The molecule has 1 saturated carbocycles. The lowest BCUT2D eigenvalue weighted by molar-refractivity contribution is 0.00665. The number of carbonyl (C=O) groups excluding carboxylic acids is 1. The molecule has 9 nitrogen and oxygen atoms in total. The van der Waals surface area contributed by atoms with Crippen molar-refractivity contribution >= 4 is 23.6 Å². The largest absolute Gasteiger partial charge is 0.444 e. The quantitative estimate of drug-likeness (QED) is 0.351. The van der Waals surface area contributed by atoms with Gasteiger partial charge in [-0.2, -0.15) is 0 Å². The zero-order valence-electron chi connectivity index (χ0n) is 25.8. The predicted molar refractivity (Wildman–Crippen MR) is 164 cm³/mol. The molecule has 40 heavy (non-hydrogen) atoms. The van der Waals surface area contributed by atoms with Gasteiger partial charge in [-0.3, -0.25) is 4.99 Å². The lowest BCUT2D eigenvalue weighted by atomic mass is 9.71. The van der Waals surface area contributed by atoms with E-state index in [-0.39, 0.29) is 6.09 Å². The van der Waals surface area contributed by atoms with Crippen molar-refractivity contribution in [2.75, 3.05) is 50.5 Å². The van der Waals surface area contributed by atoms with Crippen molar-refractivity contribution in [3.63, 3.8) is 0 Å². The van der Waals surface area contributed by atoms with Gasteiger partial charge in [0.25, 0.3) is 0 Å². The highest BCUT2D eigenvalue weighted by Crippen LogP contribution is 2.42. The number of rotatable bonds is 5. The lowest BCUT2D eigenvalue weighted by Crippen LogP contribution is -2.49. The van der Waals surface area contributed by atoms with E-state index in [1.54, 1.807) is 7.05 Å². The number of ether oxygens (including phenoxy) is 1. The van der Waals surface area contributed by atoms with Crippen molar-refractivity contribution in [1.82, 2.24) is 20.1 Å². The predicted octanol–water partition coefficient (Wildman–Crippen LogP) is 5.81. The van der Waals surface area contributed by atoms with Crippen molar-refractivity contribution in [1.29, 1.82) is 0 Å². The number of allylic oxidation sites excluding steroid dienone is 1. The third kappa shape index (κ3) is 7.61. The van der Waals surface area contributed by atoms with Crippen molar-refractivity contribution in [3.8, 4) is 0 Å². The van der Waals surface area contributed by atoms with Crippen LogP contribution in [0.25, 0.3) is 0 Å². The van der Waals surface area contributed by atoms with Gasteiger partial charge >= 0.3 is 6.09 Å². The second-order valence-corrected chi connectivity index (χ2v) is 13.1. The molecule has 2 N–H and O–H groups in total. The summed E-state index contributed by atoms with van der Waals surface area (Å²) < 4.78 is 5.58. The van der Waals surface area contributed by atoms with Gasteiger partial charge in [0.2, 0.25) is 5.96 Å². The zero-order chi connectivity index (χ0) is 28.9. The van der Waals surface area contributed by atoms with Crippen molar-refractivity contribution in [3.05, 3.63) is 29.7 Å². The molecular weight excluding hydrogens is 502 g/mol. The SMILES string of the molecule is CN=C(NC(=C(C)C)N(C)C1CCCC1)Nc1ccc(N2CCC3(CCN(C(=O)OC(C)(C)C)CC3)CC2)cn1. The van der Waals surface area contributed by atoms with E-state index in [0.717, 1.165) is 69.2 Å². The minimum Gasteiger partial charge on any atom is -0.444 e. The number of nitrogens with one attached hydrogen (secondary N) is 2. The number of aromatic nitrogens is 1. The van der Waals surface area contributed by atoms with Crippen molar-refractivity contribution in [2.24, 2.45) is 10.4 Å². The molecule has 1 aromatic rings. The number of piperidine rings is 2. The van der Waals surface area contributed by atoms with Crippen LogP contribution in [0.3, 0.4) is 0 Å². The first-order chi connectivity index (χ1) is 19.0. The Morgan fingerprint density at radius 1 is 1.07 bits per heavy atom. The molecule has 1 aromatic heterocycles. The molecule has 0 unspecified atom stereocenters. The molecule has 2 aliphatic heterocycles. The van der Waals surface area contributed by atoms with E-state index in [1.807, 2.05) is 37.9 Å². The Hall–Kier alpha value is -2.97. The number of likely N-dealkylation sites (tertiary alicyclic amines) is 1. The summed E-state index contributed by atoms with van der Waals surface area (Å²) in [6.45, 7) is 13.7. The Morgan fingerprint density at radius 3 is 2.23 bits per heavy atom. The van der Waals surface area contributed by atoms with Gasteiger partial charge in [0, 0.05) is 46.3 Å². The van der Waals surface area contributed by atoms with Crippen LogP contribution in [-0.2, 0) is 4.74 Å². The van der Waals surface area contributed by atoms with Gasteiger partial charge in [-0.25, -0.2) is 9.78 Å². The van der Waals surface area contributed by atoms with Gasteiger partial charge in [0.05, 0.1) is 11.9 Å². The number of nitrogens with zero attached hydrogens (tertiary/aromatic N) is 5. The topological polar surface area (TPSA) is 85.3 Å². The summed E-state index contributed by atoms with van der Waals surface area (Å²) in [5, 5.41) is 6.89. The average Bonchev–Trinajstić information content (AvgIpc) is 3.46. The molecular formula is C31H51N7O2. The molecule has 3 fully saturated rings. The van der Waals surface area contributed by atoms with Crippen LogP contribution in [0, 0.1) is 5.41 Å². The fraction of sp³-hybridized carbons (Fsp3) is 0.710. The molecule has 0 radical (unpaired) electrons. The standard InChI is InChI=1S/C31H51N7O2/c1-23(2)27(36(7)24-10-8-9-11-24)35-28(32-6)34-26-13-12-25(22-33-26)37-18-14-31(15-19-37)16-20-38(21-17-31)29(39)40-30(3,4)5/h12-13,22,24H,8-11,14-21H2,1-7H3,(H2,32,33,34,35). The Morgan fingerprint density at radius 2 is 1.70 bits per heavy atom. The minimum absolute atomic E-state index is 0.177. The molecule has 1 amide bonds. The Labute approximate surface area is 241 Å². The number of aliphatic imine (C=N–C) groups is 1. The van der Waals surface area contributed by atoms with Crippen molar-refractivity contribution < 1.29 is 9.53 Å². The molecule has 1 aliphatic carbocycles. The van der Waals surface area contributed by atoms with E-state index in [9.17, 15) is 4.79 Å². The molecule has 0 aromatic carbocycles. The molecule has 3 aliphatic rings. The molecule has 0 atom stereocenters. The summed E-state index contributed by atoms with van der Waals surface area (Å²) in [6.07, 6.45) is 11.3. The molecule has 9 heteroatoms. The zero-order valence-corrected chi connectivity index (χ0v) is 25.8. The smallest absolute Gasteiger partial charge is 0.410 e. The summed E-state index contributed by atoms with van der Waals surface area (Å²) in [4.78, 5) is 28.3. The van der Waals surface area contributed by atoms with Gasteiger partial charge < -0.3 is 30.1 Å². The highest BCUT2D eigenvalue weighted by molar-refractivity contribution is 5.93. The van der Waals surface area contributed by atoms with Crippen LogP contribution < -0.4 is 15.5 Å². The second kappa shape index (κ2) is 12.7. The first-order valence-corrected chi connectivity index (χ1v) is 15.1. The normalized spacial score (nSPS) is 19.9. The monoisotopic (exact) mass is 553 g/mol. The fourth-order valence-corrected chi connectivity index (χ4v) is 6.29. The van der Waals surface area contributed by atoms with Crippen LogP contribution in [0.15, 0.2) is 34.7 Å². The van der Waals surface area contributed by atoms with Crippen LogP contribution in [0.1, 0.15) is 86.0 Å². The minimum atomic E-state index is -0.446. The maximum atomic E-state index is 12.5. The Balaban J connectivity index is 1.28. The third-order valence-corrected chi connectivity index (χ3v) is 8.82. The van der Waals surface area contributed by atoms with E-state index in [4.69, 9.17) is 9.72 Å². The molecule has 2 saturated heterocycles. The van der Waals surface area contributed by atoms with Crippen LogP contribution in [0.2, 0.25) is 0 Å². The average molecular weight is 554 g/mol. The lowest BCUT2D eigenvalue weighted by Gasteiger charge is -2.47. The summed E-state index contributed by atoms with van der Waals surface area (Å²) in [5.41, 5.74) is 2.27. The van der Waals surface area contributed by atoms with Gasteiger partial charge in [0.1, 0.15) is 17.2 Å². The summed E-state index contributed by atoms with van der Waals surface area (Å²) in [5.74, 6) is 2.58. The number of carbonyl (C=O) groups is 1. The highest BCUT2D eigenvalue weighted by Gasteiger charge is 2.39.